The zero-order chi connectivity index (χ0) is 47.7. The van der Waals surface area contributed by atoms with E-state index >= 15 is 0 Å². The Bertz CT molecular complexity index is 4460. The van der Waals surface area contributed by atoms with Gasteiger partial charge in [-0.2, -0.15) is 9.97 Å². The third-order valence-electron chi connectivity index (χ3n) is 13.4. The van der Waals surface area contributed by atoms with Crippen molar-refractivity contribution >= 4 is 119 Å². The van der Waals surface area contributed by atoms with Crippen LogP contribution in [0, 0.1) is 0 Å². The lowest BCUT2D eigenvalue weighted by Gasteiger charge is -2.13. The Morgan fingerprint density at radius 2 is 0.930 bits per heavy atom. The first-order valence-corrected chi connectivity index (χ1v) is 24.8. The maximum Gasteiger partial charge on any atom is 0.238 e. The third-order valence-corrected chi connectivity index (χ3v) is 14.6. The predicted molar refractivity (Wildman–Crippen MR) is 300 cm³/mol. The highest BCUT2D eigenvalue weighted by atomic mass is 32.1. The largest absolute Gasteiger partial charge is 0.456 e. The number of thiophene rings is 1. The van der Waals surface area contributed by atoms with Gasteiger partial charge in [0.25, 0.3) is 0 Å². The van der Waals surface area contributed by atoms with E-state index in [0.29, 0.717) is 17.6 Å². The van der Waals surface area contributed by atoms with Gasteiger partial charge in [-0.1, -0.05) is 160 Å². The lowest BCUT2D eigenvalue weighted by atomic mass is 9.98. The van der Waals surface area contributed by atoms with E-state index in [9.17, 15) is 0 Å². The molecule has 0 fully saturated rings. The molecule has 0 amide bonds. The molecule has 0 aliphatic rings. The van der Waals surface area contributed by atoms with Gasteiger partial charge in [0.1, 0.15) is 22.3 Å². The van der Waals surface area contributed by atoms with Crippen molar-refractivity contribution in [2.75, 3.05) is 0 Å². The number of fused-ring (bicyclic) bond motifs is 16. The van der Waals surface area contributed by atoms with Crippen molar-refractivity contribution in [3.05, 3.63) is 207 Å². The molecule has 0 radical (unpaired) electrons. The van der Waals surface area contributed by atoms with Gasteiger partial charge in [0.05, 0.1) is 11.0 Å². The summed E-state index contributed by atoms with van der Waals surface area (Å²) in [7, 11) is 0. The Balaban J connectivity index is 0.000000951. The van der Waals surface area contributed by atoms with Crippen LogP contribution in [0.15, 0.2) is 216 Å². The summed E-state index contributed by atoms with van der Waals surface area (Å²) in [5.41, 5.74) is 9.13. The van der Waals surface area contributed by atoms with E-state index in [1.54, 1.807) is 0 Å². The first-order valence-electron chi connectivity index (χ1n) is 24.0. The molecular weight excluding hydrogens is 889 g/mol. The van der Waals surface area contributed by atoms with E-state index in [-0.39, 0.29) is 0 Å². The third kappa shape index (κ3) is 6.73. The maximum absolute atomic E-state index is 6.41. The summed E-state index contributed by atoms with van der Waals surface area (Å²) < 4.78 is 17.6. The predicted octanol–water partition coefficient (Wildman–Crippen LogP) is 18.7. The minimum absolute atomic E-state index is 0.515. The summed E-state index contributed by atoms with van der Waals surface area (Å²) in [4.78, 5) is 16.1. The molecular formula is C64H44N4O2S. The van der Waals surface area contributed by atoms with Gasteiger partial charge in [-0.3, -0.25) is 4.57 Å². The molecule has 0 aliphatic carbocycles. The summed E-state index contributed by atoms with van der Waals surface area (Å²) in [6.45, 7) is 10.2. The van der Waals surface area contributed by atoms with Crippen LogP contribution in [-0.2, 0) is 0 Å². The quantitative estimate of drug-likeness (QED) is 0.164. The molecule has 71 heavy (non-hydrogen) atoms. The number of rotatable bonds is 4. The molecule has 5 aromatic heterocycles. The highest BCUT2D eigenvalue weighted by molar-refractivity contribution is 7.26. The fraction of sp³-hybridized carbons (Fsp3) is 0.0469. The monoisotopic (exact) mass is 932 g/mol. The summed E-state index contributed by atoms with van der Waals surface area (Å²) >= 11 is 1.85. The summed E-state index contributed by atoms with van der Waals surface area (Å²) in [6.07, 6.45) is 1.25. The van der Waals surface area contributed by atoms with Gasteiger partial charge in [-0.25, -0.2) is 4.98 Å². The zero-order valence-corrected chi connectivity index (χ0v) is 39.9. The molecule has 0 N–H and O–H groups in total. The molecule has 0 saturated carbocycles. The van der Waals surface area contributed by atoms with Crippen molar-refractivity contribution in [3.63, 3.8) is 0 Å². The molecule has 0 spiro atoms. The normalized spacial score (nSPS) is 11.7. The van der Waals surface area contributed by atoms with Crippen molar-refractivity contribution < 1.29 is 8.83 Å². The first kappa shape index (κ1) is 42.2. The van der Waals surface area contributed by atoms with E-state index < -0.39 is 0 Å². The molecule has 0 aliphatic heterocycles. The fourth-order valence-corrected chi connectivity index (χ4v) is 11.6. The molecule has 15 rings (SSSR count). The van der Waals surface area contributed by atoms with Gasteiger partial charge in [0, 0.05) is 69.2 Å². The van der Waals surface area contributed by atoms with Gasteiger partial charge in [-0.15, -0.1) is 24.5 Å². The molecule has 7 heteroatoms. The van der Waals surface area contributed by atoms with Crippen LogP contribution >= 0.6 is 11.3 Å². The number of para-hydroxylation sites is 3. The Morgan fingerprint density at radius 1 is 0.423 bits per heavy atom. The molecule has 10 aromatic carbocycles. The molecule has 15 aromatic rings. The van der Waals surface area contributed by atoms with Crippen molar-refractivity contribution in [3.8, 4) is 39.9 Å². The average Bonchev–Trinajstić information content (AvgIpc) is 4.20. The maximum atomic E-state index is 6.41. The number of hydrogen-bond acceptors (Lipinski definition) is 6. The lowest BCUT2D eigenvalue weighted by Crippen LogP contribution is -2.07. The van der Waals surface area contributed by atoms with Crippen LogP contribution in [0.5, 0.6) is 0 Å². The Kier molecular flexibility index (Phi) is 10.1. The van der Waals surface area contributed by atoms with Gasteiger partial charge in [-0.05, 0) is 81.7 Å². The Labute approximate surface area is 412 Å². The van der Waals surface area contributed by atoms with Crippen LogP contribution in [-0.4, -0.2) is 19.5 Å². The van der Waals surface area contributed by atoms with Crippen LogP contribution < -0.4 is 0 Å². The van der Waals surface area contributed by atoms with Crippen LogP contribution in [0.1, 0.15) is 20.3 Å². The number of aromatic nitrogens is 4. The number of nitrogens with zero attached hydrogens (tertiary/aromatic N) is 4. The Morgan fingerprint density at radius 3 is 1.56 bits per heavy atom. The van der Waals surface area contributed by atoms with Crippen molar-refractivity contribution in [1.29, 1.82) is 0 Å². The topological polar surface area (TPSA) is 69.9 Å². The molecule has 0 bridgehead atoms. The van der Waals surface area contributed by atoms with E-state index in [2.05, 4.69) is 189 Å². The zero-order valence-electron chi connectivity index (χ0n) is 39.1. The average molecular weight is 933 g/mol. The van der Waals surface area contributed by atoms with E-state index in [4.69, 9.17) is 23.8 Å². The second-order valence-corrected chi connectivity index (χ2v) is 18.9. The van der Waals surface area contributed by atoms with Crippen molar-refractivity contribution in [1.82, 2.24) is 19.5 Å². The minimum atomic E-state index is 0.515. The summed E-state index contributed by atoms with van der Waals surface area (Å²) in [5.74, 6) is 1.59. The van der Waals surface area contributed by atoms with E-state index in [1.807, 2.05) is 47.7 Å². The van der Waals surface area contributed by atoms with Gasteiger partial charge >= 0.3 is 0 Å². The number of furan rings is 2. The SMILES string of the molecule is C=C.CCC.c1ccc2c(c1)ccc1sc3cc(-c4cccc5c6c7ccccc7ccc6n(-c6nc(-c7ccc8c(c7)oc7ccccc78)nc(-c7ccc8c(c7)oc7ccccc78)n6)c45)ccc3c12. The van der Waals surface area contributed by atoms with Crippen LogP contribution in [0.3, 0.4) is 0 Å². The number of hydrogen-bond donors (Lipinski definition) is 0. The van der Waals surface area contributed by atoms with Gasteiger partial charge < -0.3 is 8.83 Å². The summed E-state index contributed by atoms with van der Waals surface area (Å²) in [6, 6.07) is 68.6. The second-order valence-electron chi connectivity index (χ2n) is 17.8. The van der Waals surface area contributed by atoms with Crippen LogP contribution in [0.2, 0.25) is 0 Å². The molecule has 0 saturated heterocycles. The smallest absolute Gasteiger partial charge is 0.238 e. The molecule has 5 heterocycles. The molecule has 0 unspecified atom stereocenters. The van der Waals surface area contributed by atoms with Crippen LogP contribution in [0.4, 0.5) is 0 Å². The highest BCUT2D eigenvalue weighted by Gasteiger charge is 2.23. The van der Waals surface area contributed by atoms with Crippen molar-refractivity contribution in [2.24, 2.45) is 0 Å². The first-order chi connectivity index (χ1) is 35.1. The molecule has 6 nitrogen and oxygen atoms in total. The van der Waals surface area contributed by atoms with E-state index in [1.165, 1.54) is 48.1 Å². The van der Waals surface area contributed by atoms with Crippen molar-refractivity contribution in [2.45, 2.75) is 20.3 Å². The van der Waals surface area contributed by atoms with Gasteiger partial charge in [0.15, 0.2) is 11.6 Å². The second kappa shape index (κ2) is 16.9. The number of benzene rings is 10. The van der Waals surface area contributed by atoms with Crippen LogP contribution in [0.25, 0.3) is 147 Å². The van der Waals surface area contributed by atoms with E-state index in [0.717, 1.165) is 87.9 Å². The highest BCUT2D eigenvalue weighted by Crippen LogP contribution is 2.45. The fourth-order valence-electron chi connectivity index (χ4n) is 10.4. The Hall–Kier alpha value is -8.91. The summed E-state index contributed by atoms with van der Waals surface area (Å²) in [5, 5.41) is 14.0. The standard InChI is InChI=1S/C59H32N4O2S.C3H8.C2H4/c1-3-12-38-33(10-1)23-28-47-54(38)46-17-9-16-40(35-20-27-45-53(32-35)66-52-29-24-34-11-2-4-13-39(34)55(45)52)56(46)63(47)59-61-57(36-21-25-43-41-14-5-7-18-48(41)64-50(43)30-36)60-58(62-59)37-22-26-44-42-15-6-8-19-49(42)65-51(44)31-37;1-3-2;1-2/h1-32H;3H2,1-2H3;1-2H2. The van der Waals surface area contributed by atoms with Gasteiger partial charge in [0.2, 0.25) is 5.95 Å². The lowest BCUT2D eigenvalue weighted by molar-refractivity contribution is 0.668. The minimum Gasteiger partial charge on any atom is -0.456 e. The molecule has 338 valence electrons. The molecule has 0 atom stereocenters.